The third-order valence-electron chi connectivity index (χ3n) is 5.78. The topological polar surface area (TPSA) is 0 Å². The first-order valence-electron chi connectivity index (χ1n) is 12.6. The predicted octanol–water partition coefficient (Wildman–Crippen LogP) is 10.1. The van der Waals surface area contributed by atoms with Crippen LogP contribution in [0.5, 0.6) is 0 Å². The molecule has 0 fully saturated rings. The molecule has 0 heterocycles. The lowest BCUT2D eigenvalue weighted by Gasteiger charge is -2.05. The van der Waals surface area contributed by atoms with Crippen molar-refractivity contribution in [2.75, 3.05) is 0 Å². The van der Waals surface area contributed by atoms with Gasteiger partial charge in [0.2, 0.25) is 0 Å². The van der Waals surface area contributed by atoms with Crippen LogP contribution in [0.2, 0.25) is 0 Å². The SMILES string of the molecule is [CH2]CCCCCCCCCCCCCCCCCCCCCCC(C)C. The van der Waals surface area contributed by atoms with E-state index in [4.69, 9.17) is 0 Å². The minimum absolute atomic E-state index is 0.897. The molecule has 0 aromatic rings. The van der Waals surface area contributed by atoms with E-state index in [0.717, 1.165) is 12.3 Å². The Kier molecular flexibility index (Phi) is 23.0. The molecule has 0 saturated carbocycles. The number of hydrogen-bond acceptors (Lipinski definition) is 0. The van der Waals surface area contributed by atoms with E-state index in [9.17, 15) is 0 Å². The maximum atomic E-state index is 3.91. The van der Waals surface area contributed by atoms with Gasteiger partial charge in [-0.1, -0.05) is 162 Å². The van der Waals surface area contributed by atoms with Gasteiger partial charge in [-0.05, 0) is 5.92 Å². The van der Waals surface area contributed by atoms with E-state index in [-0.39, 0.29) is 0 Å². The Morgan fingerprint density at radius 1 is 0.385 bits per heavy atom. The van der Waals surface area contributed by atoms with Crippen molar-refractivity contribution in [3.8, 4) is 0 Å². The fraction of sp³-hybridized carbons (Fsp3) is 0.962. The summed E-state index contributed by atoms with van der Waals surface area (Å²) < 4.78 is 0. The molecule has 0 spiro atoms. The van der Waals surface area contributed by atoms with E-state index in [1.54, 1.807) is 0 Å². The van der Waals surface area contributed by atoms with Crippen molar-refractivity contribution in [3.05, 3.63) is 6.92 Å². The molecule has 0 aliphatic carbocycles. The smallest absolute Gasteiger partial charge is 0.0471 e. The standard InChI is InChI=1S/C26H53/c1-4-5-6-7-8-9-10-11-12-13-14-15-16-17-18-19-20-21-22-23-24-25-26(2)3/h26H,1,4-25H2,2-3H3. The van der Waals surface area contributed by atoms with Crippen LogP contribution in [0.15, 0.2) is 0 Å². The maximum Gasteiger partial charge on any atom is -0.0471 e. The molecule has 0 aliphatic heterocycles. The summed E-state index contributed by atoms with van der Waals surface area (Å²) in [5, 5.41) is 0. The van der Waals surface area contributed by atoms with E-state index in [0.29, 0.717) is 0 Å². The predicted molar refractivity (Wildman–Crippen MR) is 122 cm³/mol. The zero-order valence-corrected chi connectivity index (χ0v) is 18.8. The van der Waals surface area contributed by atoms with Gasteiger partial charge in [0.25, 0.3) is 0 Å². The van der Waals surface area contributed by atoms with Crippen LogP contribution in [-0.4, -0.2) is 0 Å². The highest BCUT2D eigenvalue weighted by atomic mass is 14.0. The fourth-order valence-corrected chi connectivity index (χ4v) is 3.91. The summed E-state index contributed by atoms with van der Waals surface area (Å²) in [5.74, 6) is 0.897. The normalized spacial score (nSPS) is 11.5. The molecule has 0 bridgehead atoms. The average Bonchev–Trinajstić information content (AvgIpc) is 2.62. The van der Waals surface area contributed by atoms with Crippen molar-refractivity contribution >= 4 is 0 Å². The largest absolute Gasteiger partial charge is 0.0628 e. The minimum atomic E-state index is 0.897. The van der Waals surface area contributed by atoms with Crippen LogP contribution in [0.25, 0.3) is 0 Å². The molecule has 0 N–H and O–H groups in total. The third-order valence-corrected chi connectivity index (χ3v) is 5.78. The van der Waals surface area contributed by atoms with Crippen molar-refractivity contribution in [2.24, 2.45) is 5.92 Å². The quantitative estimate of drug-likeness (QED) is 0.167. The summed E-state index contributed by atoms with van der Waals surface area (Å²) in [6.07, 6.45) is 31.8. The Morgan fingerprint density at radius 3 is 0.846 bits per heavy atom. The van der Waals surface area contributed by atoms with Crippen LogP contribution in [-0.2, 0) is 0 Å². The lowest BCUT2D eigenvalue weighted by molar-refractivity contribution is 0.501. The summed E-state index contributed by atoms with van der Waals surface area (Å²) in [6, 6.07) is 0. The summed E-state index contributed by atoms with van der Waals surface area (Å²) >= 11 is 0. The van der Waals surface area contributed by atoms with Crippen LogP contribution in [0.1, 0.15) is 155 Å². The molecule has 26 heavy (non-hydrogen) atoms. The molecule has 0 heteroatoms. The molecule has 0 saturated heterocycles. The lowest BCUT2D eigenvalue weighted by Crippen LogP contribution is -1.87. The van der Waals surface area contributed by atoms with Crippen LogP contribution in [0, 0.1) is 12.8 Å². The van der Waals surface area contributed by atoms with Gasteiger partial charge in [0.05, 0.1) is 0 Å². The molecular formula is C26H53. The summed E-state index contributed by atoms with van der Waals surface area (Å²) in [5.41, 5.74) is 0. The second-order valence-electron chi connectivity index (χ2n) is 9.11. The third kappa shape index (κ3) is 24.0. The highest BCUT2D eigenvalue weighted by Crippen LogP contribution is 2.15. The van der Waals surface area contributed by atoms with E-state index in [1.165, 1.54) is 135 Å². The van der Waals surface area contributed by atoms with Gasteiger partial charge in [0.1, 0.15) is 0 Å². The van der Waals surface area contributed by atoms with Gasteiger partial charge in [0.15, 0.2) is 0 Å². The molecule has 0 unspecified atom stereocenters. The molecule has 0 amide bonds. The number of unbranched alkanes of at least 4 members (excludes halogenated alkanes) is 20. The Balaban J connectivity index is 2.97. The molecule has 0 aromatic carbocycles. The van der Waals surface area contributed by atoms with Gasteiger partial charge < -0.3 is 0 Å². The molecular weight excluding hydrogens is 312 g/mol. The Morgan fingerprint density at radius 2 is 0.615 bits per heavy atom. The molecule has 0 aromatic heterocycles. The molecule has 0 aliphatic rings. The first-order chi connectivity index (χ1) is 12.8. The van der Waals surface area contributed by atoms with Crippen molar-refractivity contribution in [1.82, 2.24) is 0 Å². The highest BCUT2D eigenvalue weighted by Gasteiger charge is 1.96. The molecule has 0 atom stereocenters. The fourth-order valence-electron chi connectivity index (χ4n) is 3.91. The van der Waals surface area contributed by atoms with Gasteiger partial charge in [-0.15, -0.1) is 0 Å². The number of hydrogen-bond donors (Lipinski definition) is 0. The van der Waals surface area contributed by atoms with Crippen molar-refractivity contribution in [3.63, 3.8) is 0 Å². The maximum absolute atomic E-state index is 3.91. The molecule has 1 radical (unpaired) electrons. The van der Waals surface area contributed by atoms with Crippen LogP contribution in [0.4, 0.5) is 0 Å². The van der Waals surface area contributed by atoms with Gasteiger partial charge in [-0.25, -0.2) is 0 Å². The van der Waals surface area contributed by atoms with Crippen LogP contribution < -0.4 is 0 Å². The van der Waals surface area contributed by atoms with Gasteiger partial charge in [-0.3, -0.25) is 0 Å². The Bertz CT molecular complexity index is 230. The van der Waals surface area contributed by atoms with Gasteiger partial charge in [-0.2, -0.15) is 0 Å². The summed E-state index contributed by atoms with van der Waals surface area (Å²) in [7, 11) is 0. The molecule has 0 rings (SSSR count). The zero-order chi connectivity index (χ0) is 19.1. The van der Waals surface area contributed by atoms with Crippen LogP contribution >= 0.6 is 0 Å². The van der Waals surface area contributed by atoms with Crippen molar-refractivity contribution < 1.29 is 0 Å². The minimum Gasteiger partial charge on any atom is -0.0628 e. The van der Waals surface area contributed by atoms with Crippen molar-refractivity contribution in [1.29, 1.82) is 0 Å². The summed E-state index contributed by atoms with van der Waals surface area (Å²) in [6.45, 7) is 8.59. The van der Waals surface area contributed by atoms with Crippen molar-refractivity contribution in [2.45, 2.75) is 155 Å². The zero-order valence-electron chi connectivity index (χ0n) is 18.8. The first kappa shape index (κ1) is 26.0. The highest BCUT2D eigenvalue weighted by molar-refractivity contribution is 4.52. The van der Waals surface area contributed by atoms with Gasteiger partial charge in [0, 0.05) is 0 Å². The first-order valence-corrected chi connectivity index (χ1v) is 12.6. The average molecular weight is 366 g/mol. The van der Waals surface area contributed by atoms with E-state index in [2.05, 4.69) is 20.8 Å². The second-order valence-corrected chi connectivity index (χ2v) is 9.11. The van der Waals surface area contributed by atoms with E-state index < -0.39 is 0 Å². The Hall–Kier alpha value is 0. The second kappa shape index (κ2) is 23.0. The molecule has 0 nitrogen and oxygen atoms in total. The lowest BCUT2D eigenvalue weighted by atomic mass is 10.0. The van der Waals surface area contributed by atoms with E-state index in [1.807, 2.05) is 0 Å². The Labute approximate surface area is 168 Å². The summed E-state index contributed by atoms with van der Waals surface area (Å²) in [4.78, 5) is 0. The van der Waals surface area contributed by atoms with Crippen LogP contribution in [0.3, 0.4) is 0 Å². The van der Waals surface area contributed by atoms with Gasteiger partial charge >= 0.3 is 0 Å². The monoisotopic (exact) mass is 365 g/mol. The van der Waals surface area contributed by atoms with E-state index >= 15 is 0 Å². The molecule has 157 valence electrons. The number of rotatable bonds is 22.